The fourth-order valence-corrected chi connectivity index (χ4v) is 5.04. The first-order valence-corrected chi connectivity index (χ1v) is 13.2. The Hall–Kier alpha value is -3.86. The van der Waals surface area contributed by atoms with Gasteiger partial charge in [0.15, 0.2) is 12.0 Å². The van der Waals surface area contributed by atoms with Crippen LogP contribution >= 0.6 is 0 Å². The molecule has 0 spiro atoms. The first-order chi connectivity index (χ1) is 18.6. The zero-order valence-corrected chi connectivity index (χ0v) is 23.1. The van der Waals surface area contributed by atoms with E-state index >= 15 is 0 Å². The molecule has 1 fully saturated rings. The summed E-state index contributed by atoms with van der Waals surface area (Å²) in [6.45, 7) is 8.22. The quantitative estimate of drug-likeness (QED) is 0.499. The van der Waals surface area contributed by atoms with Crippen LogP contribution in [0.5, 0.6) is 11.6 Å². The topological polar surface area (TPSA) is 115 Å². The molecule has 208 valence electrons. The van der Waals surface area contributed by atoms with Crippen molar-refractivity contribution in [3.05, 3.63) is 48.0 Å². The van der Waals surface area contributed by atoms with Crippen molar-refractivity contribution in [2.45, 2.75) is 58.5 Å². The van der Waals surface area contributed by atoms with Gasteiger partial charge < -0.3 is 29.1 Å². The summed E-state index contributed by atoms with van der Waals surface area (Å²) in [5.41, 5.74) is 3.46. The molecule has 0 aliphatic carbocycles. The van der Waals surface area contributed by atoms with Crippen molar-refractivity contribution in [3.8, 4) is 22.9 Å². The Bertz CT molecular complexity index is 1330. The minimum absolute atomic E-state index is 0.246. The fraction of sp³-hybridized carbons (Fsp3) is 0.500. The van der Waals surface area contributed by atoms with Crippen LogP contribution in [-0.4, -0.2) is 68.8 Å². The van der Waals surface area contributed by atoms with E-state index in [2.05, 4.69) is 10.1 Å². The van der Waals surface area contributed by atoms with Gasteiger partial charge in [0.2, 0.25) is 0 Å². The van der Waals surface area contributed by atoms with Gasteiger partial charge in [-0.2, -0.15) is 5.10 Å². The summed E-state index contributed by atoms with van der Waals surface area (Å²) in [5, 5.41) is 15.6. The molecule has 0 radical (unpaired) electrons. The van der Waals surface area contributed by atoms with E-state index < -0.39 is 11.8 Å². The third-order valence-electron chi connectivity index (χ3n) is 7.09. The highest BCUT2D eigenvalue weighted by atomic mass is 16.6. The van der Waals surface area contributed by atoms with Crippen LogP contribution in [0.3, 0.4) is 0 Å². The summed E-state index contributed by atoms with van der Waals surface area (Å²) in [7, 11) is 3.12. The summed E-state index contributed by atoms with van der Waals surface area (Å²) in [4.78, 5) is 25.2. The first-order valence-electron chi connectivity index (χ1n) is 13.2. The highest BCUT2D eigenvalue weighted by molar-refractivity contribution is 5.68. The predicted octanol–water partition coefficient (Wildman–Crippen LogP) is 4.02. The van der Waals surface area contributed by atoms with Crippen molar-refractivity contribution in [3.63, 3.8) is 0 Å². The van der Waals surface area contributed by atoms with E-state index in [1.54, 1.807) is 31.5 Å². The average Bonchev–Trinajstić information content (AvgIpc) is 3.51. The molecule has 2 aliphatic rings. The van der Waals surface area contributed by atoms with Crippen molar-refractivity contribution in [1.29, 1.82) is 0 Å². The van der Waals surface area contributed by atoms with E-state index in [0.29, 0.717) is 37.2 Å². The smallest absolute Gasteiger partial charge is 0.410 e. The number of nitrogens with zero attached hydrogens (tertiary/aromatic N) is 6. The van der Waals surface area contributed by atoms with Gasteiger partial charge in [0.1, 0.15) is 5.60 Å². The highest BCUT2D eigenvalue weighted by Gasteiger charge is 2.32. The fourth-order valence-electron chi connectivity index (χ4n) is 5.04. The number of piperidine rings is 1. The molecule has 0 bridgehead atoms. The van der Waals surface area contributed by atoms with Crippen molar-refractivity contribution in [2.24, 2.45) is 5.92 Å². The zero-order valence-electron chi connectivity index (χ0n) is 23.1. The molecule has 1 amide bonds. The number of hydrogen-bond donors (Lipinski definition) is 1. The number of carbonyl (C=O) groups excluding carboxylic acids is 1. The Balaban J connectivity index is 1.22. The molecule has 1 atom stereocenters. The van der Waals surface area contributed by atoms with E-state index in [-0.39, 0.29) is 6.09 Å². The number of aliphatic hydroxyl groups is 1. The lowest BCUT2D eigenvalue weighted by Gasteiger charge is -2.33. The predicted molar refractivity (Wildman–Crippen MR) is 144 cm³/mol. The minimum Gasteiger partial charge on any atom is -0.491 e. The molecule has 2 aliphatic heterocycles. The molecule has 11 heteroatoms. The number of pyridine rings is 2. The van der Waals surface area contributed by atoms with Crippen LogP contribution in [0.2, 0.25) is 0 Å². The molecule has 5 rings (SSSR count). The number of methoxy groups -OCH3 is 2. The Morgan fingerprint density at radius 3 is 2.59 bits per heavy atom. The molecule has 3 aromatic heterocycles. The second kappa shape index (κ2) is 10.7. The maximum Gasteiger partial charge on any atom is 0.410 e. The summed E-state index contributed by atoms with van der Waals surface area (Å²) < 4.78 is 18.0. The molecule has 11 nitrogen and oxygen atoms in total. The number of aromatic nitrogens is 4. The van der Waals surface area contributed by atoms with Crippen molar-refractivity contribution < 1.29 is 24.1 Å². The number of ether oxygens (including phenoxy) is 3. The molecule has 5 heterocycles. The van der Waals surface area contributed by atoms with E-state index in [0.717, 1.165) is 47.6 Å². The molecule has 3 aromatic rings. The summed E-state index contributed by atoms with van der Waals surface area (Å²) >= 11 is 0. The van der Waals surface area contributed by atoms with Gasteiger partial charge in [-0.3, -0.25) is 9.67 Å². The highest BCUT2D eigenvalue weighted by Crippen LogP contribution is 2.37. The van der Waals surface area contributed by atoms with Gasteiger partial charge in [0.05, 0.1) is 44.0 Å². The maximum atomic E-state index is 12.3. The second-order valence-electron chi connectivity index (χ2n) is 11.0. The molecule has 1 unspecified atom stereocenters. The molecule has 1 saturated heterocycles. The lowest BCUT2D eigenvalue weighted by Crippen LogP contribution is -2.42. The summed E-state index contributed by atoms with van der Waals surface area (Å²) in [6, 6.07) is 5.62. The van der Waals surface area contributed by atoms with Gasteiger partial charge in [-0.1, -0.05) is 6.07 Å². The lowest BCUT2D eigenvalue weighted by atomic mass is 9.97. The summed E-state index contributed by atoms with van der Waals surface area (Å²) in [5.74, 6) is 1.35. The zero-order chi connectivity index (χ0) is 27.7. The number of rotatable bonds is 6. The van der Waals surface area contributed by atoms with Crippen LogP contribution in [0.1, 0.15) is 51.1 Å². The van der Waals surface area contributed by atoms with Gasteiger partial charge in [0, 0.05) is 43.2 Å². The molecule has 0 aromatic carbocycles. The largest absolute Gasteiger partial charge is 0.491 e. The van der Waals surface area contributed by atoms with Crippen LogP contribution in [0, 0.1) is 5.92 Å². The Morgan fingerprint density at radius 1 is 1.13 bits per heavy atom. The standard InChI is InChI=1S/C28H36N6O5/c1-28(2,3)39-27(36)32-10-8-18(9-11-32)15-33-16-20(14-30-33)34-17-23-21(26(34)35)6-7-22(31-23)19-12-24(37-4)25(38-5)29-13-19/h6-7,12-14,16,18,26,35H,8-11,15,17H2,1-5H3. The third-order valence-corrected chi connectivity index (χ3v) is 7.09. The van der Waals surface area contributed by atoms with Crippen molar-refractivity contribution >= 4 is 11.8 Å². The minimum atomic E-state index is -0.806. The molecule has 1 N–H and O–H groups in total. The van der Waals surface area contributed by atoms with E-state index in [9.17, 15) is 9.90 Å². The van der Waals surface area contributed by atoms with Crippen molar-refractivity contribution in [1.82, 2.24) is 24.6 Å². The van der Waals surface area contributed by atoms with Crippen LogP contribution in [0.15, 0.2) is 36.8 Å². The molecular weight excluding hydrogens is 500 g/mol. The first kappa shape index (κ1) is 26.7. The van der Waals surface area contributed by atoms with Gasteiger partial charge in [-0.15, -0.1) is 0 Å². The lowest BCUT2D eigenvalue weighted by molar-refractivity contribution is 0.0177. The van der Waals surface area contributed by atoms with Crippen LogP contribution in [-0.2, 0) is 17.8 Å². The van der Waals surface area contributed by atoms with Gasteiger partial charge >= 0.3 is 6.09 Å². The van der Waals surface area contributed by atoms with Crippen LogP contribution in [0.25, 0.3) is 11.3 Å². The van der Waals surface area contributed by atoms with E-state index in [4.69, 9.17) is 19.2 Å². The number of aliphatic hydroxyl groups excluding tert-OH is 1. The average molecular weight is 537 g/mol. The Kier molecular flexibility index (Phi) is 7.35. The molecular formula is C28H36N6O5. The van der Waals surface area contributed by atoms with Gasteiger partial charge in [-0.25, -0.2) is 9.78 Å². The number of fused-ring (bicyclic) bond motifs is 1. The summed E-state index contributed by atoms with van der Waals surface area (Å²) in [6.07, 6.45) is 6.18. The SMILES string of the molecule is COc1cc(-c2ccc3c(n2)CN(c2cnn(CC4CCN(C(=O)OC(C)(C)C)CC4)c2)C3O)cnc1OC. The molecule has 0 saturated carbocycles. The Morgan fingerprint density at radius 2 is 1.90 bits per heavy atom. The second-order valence-corrected chi connectivity index (χ2v) is 11.0. The number of amides is 1. The Labute approximate surface area is 228 Å². The van der Waals surface area contributed by atoms with Gasteiger partial charge in [-0.05, 0) is 51.7 Å². The van der Waals surface area contributed by atoms with Crippen LogP contribution in [0.4, 0.5) is 10.5 Å². The number of likely N-dealkylation sites (tertiary alicyclic amines) is 1. The van der Waals surface area contributed by atoms with Crippen LogP contribution < -0.4 is 14.4 Å². The third kappa shape index (κ3) is 5.78. The number of anilines is 1. The normalized spacial score (nSPS) is 17.7. The maximum absolute atomic E-state index is 12.3. The van der Waals surface area contributed by atoms with E-state index in [1.807, 2.05) is 54.7 Å². The monoisotopic (exact) mass is 536 g/mol. The number of carbonyl (C=O) groups is 1. The van der Waals surface area contributed by atoms with Gasteiger partial charge in [0.25, 0.3) is 5.88 Å². The van der Waals surface area contributed by atoms with E-state index in [1.165, 1.54) is 0 Å². The van der Waals surface area contributed by atoms with Crippen molar-refractivity contribution in [2.75, 3.05) is 32.2 Å². The number of hydrogen-bond acceptors (Lipinski definition) is 9. The molecule has 39 heavy (non-hydrogen) atoms.